The molecule has 24 heavy (non-hydrogen) atoms. The van der Waals surface area contributed by atoms with Crippen molar-refractivity contribution in [2.75, 3.05) is 7.11 Å². The second-order valence-corrected chi connectivity index (χ2v) is 5.88. The van der Waals surface area contributed by atoms with Crippen LogP contribution in [0.3, 0.4) is 0 Å². The predicted molar refractivity (Wildman–Crippen MR) is 96.9 cm³/mol. The Morgan fingerprint density at radius 1 is 1.12 bits per heavy atom. The SMILES string of the molecule is COc1ccccc1C=CC=C1N=C(c2ccc(Br)cc2)OC1=O. The first-order valence-electron chi connectivity index (χ1n) is 7.25. The summed E-state index contributed by atoms with van der Waals surface area (Å²) in [6.07, 6.45) is 5.23. The Hall–Kier alpha value is -2.66. The Kier molecular flexibility index (Phi) is 4.91. The predicted octanol–water partition coefficient (Wildman–Crippen LogP) is 4.36. The molecule has 4 nitrogen and oxygen atoms in total. The highest BCUT2D eigenvalue weighted by Gasteiger charge is 2.23. The number of hydrogen-bond acceptors (Lipinski definition) is 4. The zero-order valence-electron chi connectivity index (χ0n) is 12.9. The maximum atomic E-state index is 11.9. The number of carbonyl (C=O) groups is 1. The number of benzene rings is 2. The number of carbonyl (C=O) groups excluding carboxylic acids is 1. The van der Waals surface area contributed by atoms with Gasteiger partial charge in [0.05, 0.1) is 7.11 Å². The van der Waals surface area contributed by atoms with Gasteiger partial charge in [-0.05, 0) is 36.4 Å². The Balaban J connectivity index is 1.81. The molecule has 1 aliphatic rings. The first-order valence-corrected chi connectivity index (χ1v) is 8.05. The molecular weight excluding hydrogens is 370 g/mol. The van der Waals surface area contributed by atoms with E-state index >= 15 is 0 Å². The molecule has 0 radical (unpaired) electrons. The van der Waals surface area contributed by atoms with Crippen molar-refractivity contribution in [3.8, 4) is 5.75 Å². The topological polar surface area (TPSA) is 47.9 Å². The van der Waals surface area contributed by atoms with E-state index in [9.17, 15) is 4.79 Å². The highest BCUT2D eigenvalue weighted by atomic mass is 79.9. The summed E-state index contributed by atoms with van der Waals surface area (Å²) >= 11 is 3.37. The van der Waals surface area contributed by atoms with Crippen molar-refractivity contribution in [2.45, 2.75) is 0 Å². The molecule has 0 bridgehead atoms. The van der Waals surface area contributed by atoms with E-state index in [1.807, 2.05) is 54.6 Å². The third kappa shape index (κ3) is 3.63. The minimum Gasteiger partial charge on any atom is -0.496 e. The van der Waals surface area contributed by atoms with Crippen LogP contribution in [-0.2, 0) is 9.53 Å². The van der Waals surface area contributed by atoms with Crippen LogP contribution >= 0.6 is 15.9 Å². The van der Waals surface area contributed by atoms with E-state index in [1.54, 1.807) is 19.3 Å². The second kappa shape index (κ2) is 7.27. The summed E-state index contributed by atoms with van der Waals surface area (Å²) in [6.45, 7) is 0. The van der Waals surface area contributed by atoms with Crippen molar-refractivity contribution >= 4 is 33.9 Å². The van der Waals surface area contributed by atoms with Crippen molar-refractivity contribution in [1.82, 2.24) is 0 Å². The zero-order chi connectivity index (χ0) is 16.9. The number of nitrogens with zero attached hydrogens (tertiary/aromatic N) is 1. The number of cyclic esters (lactones) is 1. The highest BCUT2D eigenvalue weighted by Crippen LogP contribution is 2.20. The van der Waals surface area contributed by atoms with E-state index < -0.39 is 5.97 Å². The Morgan fingerprint density at radius 2 is 1.88 bits per heavy atom. The molecule has 0 spiro atoms. The zero-order valence-corrected chi connectivity index (χ0v) is 14.5. The summed E-state index contributed by atoms with van der Waals surface area (Å²) in [7, 11) is 1.62. The number of methoxy groups -OCH3 is 1. The highest BCUT2D eigenvalue weighted by molar-refractivity contribution is 9.10. The van der Waals surface area contributed by atoms with Gasteiger partial charge in [-0.25, -0.2) is 9.79 Å². The molecule has 0 aromatic heterocycles. The van der Waals surface area contributed by atoms with Crippen molar-refractivity contribution in [3.63, 3.8) is 0 Å². The lowest BCUT2D eigenvalue weighted by Gasteiger charge is -2.02. The molecule has 1 heterocycles. The van der Waals surface area contributed by atoms with Gasteiger partial charge in [-0.2, -0.15) is 0 Å². The number of allylic oxidation sites excluding steroid dienone is 2. The number of aliphatic imine (C=N–C) groups is 1. The third-order valence-corrected chi connectivity index (χ3v) is 3.91. The number of halogens is 1. The van der Waals surface area contributed by atoms with E-state index in [0.29, 0.717) is 5.90 Å². The van der Waals surface area contributed by atoms with Crippen molar-refractivity contribution in [1.29, 1.82) is 0 Å². The Bertz CT molecular complexity index is 851. The molecule has 0 N–H and O–H groups in total. The summed E-state index contributed by atoms with van der Waals surface area (Å²) in [5.41, 5.74) is 1.93. The maximum absolute atomic E-state index is 11.9. The summed E-state index contributed by atoms with van der Waals surface area (Å²) in [4.78, 5) is 16.2. The van der Waals surface area contributed by atoms with Gasteiger partial charge >= 0.3 is 5.97 Å². The van der Waals surface area contributed by atoms with E-state index in [4.69, 9.17) is 9.47 Å². The summed E-state index contributed by atoms with van der Waals surface area (Å²) in [5, 5.41) is 0. The van der Waals surface area contributed by atoms with Crippen LogP contribution in [-0.4, -0.2) is 19.0 Å². The fourth-order valence-corrected chi connectivity index (χ4v) is 2.45. The van der Waals surface area contributed by atoms with Crippen LogP contribution in [0, 0.1) is 0 Å². The number of esters is 1. The molecule has 2 aromatic carbocycles. The van der Waals surface area contributed by atoms with Gasteiger partial charge in [0.25, 0.3) is 0 Å². The second-order valence-electron chi connectivity index (χ2n) is 4.97. The van der Waals surface area contributed by atoms with Gasteiger partial charge in [-0.1, -0.05) is 46.3 Å². The fourth-order valence-electron chi connectivity index (χ4n) is 2.19. The van der Waals surface area contributed by atoms with Crippen LogP contribution in [0.4, 0.5) is 0 Å². The first-order chi connectivity index (χ1) is 11.7. The molecule has 0 aliphatic carbocycles. The monoisotopic (exact) mass is 383 g/mol. The number of hydrogen-bond donors (Lipinski definition) is 0. The fraction of sp³-hybridized carbons (Fsp3) is 0.0526. The minimum atomic E-state index is -0.461. The van der Waals surface area contributed by atoms with Gasteiger partial charge in [0.15, 0.2) is 5.70 Å². The van der Waals surface area contributed by atoms with Crippen LogP contribution in [0.2, 0.25) is 0 Å². The number of para-hydroxylation sites is 1. The van der Waals surface area contributed by atoms with E-state index in [0.717, 1.165) is 21.3 Å². The largest absolute Gasteiger partial charge is 0.496 e. The molecular formula is C19H14BrNO3. The van der Waals surface area contributed by atoms with Gasteiger partial charge < -0.3 is 9.47 Å². The minimum absolute atomic E-state index is 0.263. The van der Waals surface area contributed by atoms with Crippen LogP contribution in [0.5, 0.6) is 5.75 Å². The lowest BCUT2D eigenvalue weighted by molar-refractivity contribution is -0.130. The van der Waals surface area contributed by atoms with Crippen LogP contribution in [0.25, 0.3) is 6.08 Å². The molecule has 0 saturated heterocycles. The lowest BCUT2D eigenvalue weighted by atomic mass is 10.2. The summed E-state index contributed by atoms with van der Waals surface area (Å²) < 4.78 is 11.4. The molecule has 3 rings (SSSR count). The maximum Gasteiger partial charge on any atom is 0.363 e. The van der Waals surface area contributed by atoms with Crippen molar-refractivity contribution in [3.05, 3.63) is 82.0 Å². The van der Waals surface area contributed by atoms with Gasteiger partial charge in [-0.3, -0.25) is 0 Å². The molecule has 0 unspecified atom stereocenters. The van der Waals surface area contributed by atoms with Crippen LogP contribution < -0.4 is 4.74 Å². The standard InChI is InChI=1S/C19H14BrNO3/c1-23-17-8-3-2-5-13(17)6-4-7-16-19(22)24-18(21-16)14-9-11-15(20)12-10-14/h2-12H,1H3. The summed E-state index contributed by atoms with van der Waals surface area (Å²) in [5.74, 6) is 0.613. The van der Waals surface area contributed by atoms with Gasteiger partial charge in [0.2, 0.25) is 5.90 Å². The van der Waals surface area contributed by atoms with Crippen LogP contribution in [0.1, 0.15) is 11.1 Å². The molecule has 1 aliphatic heterocycles. The normalized spacial score (nSPS) is 15.7. The third-order valence-electron chi connectivity index (χ3n) is 3.38. The molecule has 0 fully saturated rings. The van der Waals surface area contributed by atoms with Gasteiger partial charge in [0.1, 0.15) is 5.75 Å². The molecule has 2 aromatic rings. The molecule has 0 atom stereocenters. The Morgan fingerprint density at radius 3 is 2.62 bits per heavy atom. The van der Waals surface area contributed by atoms with Gasteiger partial charge in [-0.15, -0.1) is 0 Å². The van der Waals surface area contributed by atoms with Crippen LogP contribution in [0.15, 0.2) is 75.8 Å². The molecule has 120 valence electrons. The van der Waals surface area contributed by atoms with Crippen molar-refractivity contribution in [2.24, 2.45) is 4.99 Å². The molecule has 0 saturated carbocycles. The number of rotatable bonds is 4. The Labute approximate surface area is 148 Å². The van der Waals surface area contributed by atoms with E-state index in [1.165, 1.54) is 0 Å². The molecule has 5 heteroatoms. The summed E-state index contributed by atoms with van der Waals surface area (Å²) in [6, 6.07) is 15.0. The van der Waals surface area contributed by atoms with E-state index in [2.05, 4.69) is 20.9 Å². The number of ether oxygens (including phenoxy) is 2. The first kappa shape index (κ1) is 16.2. The van der Waals surface area contributed by atoms with Crippen molar-refractivity contribution < 1.29 is 14.3 Å². The smallest absolute Gasteiger partial charge is 0.363 e. The molecule has 0 amide bonds. The average Bonchev–Trinajstić information content (AvgIpc) is 2.97. The average molecular weight is 384 g/mol. The lowest BCUT2D eigenvalue weighted by Crippen LogP contribution is -2.04. The van der Waals surface area contributed by atoms with E-state index in [-0.39, 0.29) is 5.70 Å². The van der Waals surface area contributed by atoms with Gasteiger partial charge in [0, 0.05) is 15.6 Å². The quantitative estimate of drug-likeness (QED) is 0.582.